The SMILES string of the molecule is Cc1ccc(OCCC(=O)NCCc2ncc[nH]2)cc1C. The molecule has 0 saturated heterocycles. The molecule has 1 aromatic heterocycles. The summed E-state index contributed by atoms with van der Waals surface area (Å²) in [5.41, 5.74) is 2.42. The summed E-state index contributed by atoms with van der Waals surface area (Å²) in [7, 11) is 0. The third-order valence-electron chi connectivity index (χ3n) is 3.32. The number of nitrogens with zero attached hydrogens (tertiary/aromatic N) is 1. The molecule has 0 spiro atoms. The molecule has 0 saturated carbocycles. The van der Waals surface area contributed by atoms with Gasteiger partial charge in [0.1, 0.15) is 11.6 Å². The van der Waals surface area contributed by atoms with Gasteiger partial charge in [-0.05, 0) is 37.1 Å². The highest BCUT2D eigenvalue weighted by Crippen LogP contribution is 2.16. The molecule has 0 aliphatic rings. The molecule has 0 aliphatic heterocycles. The summed E-state index contributed by atoms with van der Waals surface area (Å²) in [5.74, 6) is 1.67. The summed E-state index contributed by atoms with van der Waals surface area (Å²) in [5, 5.41) is 2.85. The number of rotatable bonds is 7. The normalized spacial score (nSPS) is 10.4. The number of hydrogen-bond donors (Lipinski definition) is 2. The molecule has 1 aromatic carbocycles. The summed E-state index contributed by atoms with van der Waals surface area (Å²) >= 11 is 0. The highest BCUT2D eigenvalue weighted by molar-refractivity contribution is 5.75. The quantitative estimate of drug-likeness (QED) is 0.820. The maximum atomic E-state index is 11.7. The van der Waals surface area contributed by atoms with Crippen LogP contribution in [0.5, 0.6) is 5.75 Å². The fraction of sp³-hybridized carbons (Fsp3) is 0.375. The lowest BCUT2D eigenvalue weighted by molar-refractivity contribution is -0.121. The average molecular weight is 287 g/mol. The fourth-order valence-corrected chi connectivity index (χ4v) is 1.91. The van der Waals surface area contributed by atoms with Gasteiger partial charge in [0.15, 0.2) is 0 Å². The number of imidazole rings is 1. The van der Waals surface area contributed by atoms with Gasteiger partial charge in [-0.1, -0.05) is 6.07 Å². The van der Waals surface area contributed by atoms with Crippen molar-refractivity contribution in [3.8, 4) is 5.75 Å². The molecule has 0 bridgehead atoms. The molecule has 0 unspecified atom stereocenters. The number of carbonyl (C=O) groups is 1. The number of ether oxygens (including phenoxy) is 1. The lowest BCUT2D eigenvalue weighted by Crippen LogP contribution is -2.27. The van der Waals surface area contributed by atoms with Crippen LogP contribution in [-0.4, -0.2) is 29.0 Å². The number of aromatic amines is 1. The van der Waals surface area contributed by atoms with E-state index in [4.69, 9.17) is 4.74 Å². The van der Waals surface area contributed by atoms with Gasteiger partial charge in [0, 0.05) is 25.4 Å². The minimum Gasteiger partial charge on any atom is -0.493 e. The van der Waals surface area contributed by atoms with Crippen LogP contribution in [0.3, 0.4) is 0 Å². The number of aryl methyl sites for hydroxylation is 2. The molecule has 2 aromatic rings. The van der Waals surface area contributed by atoms with Crippen molar-refractivity contribution in [3.63, 3.8) is 0 Å². The molecule has 0 fully saturated rings. The second-order valence-electron chi connectivity index (χ2n) is 4.98. The first-order valence-corrected chi connectivity index (χ1v) is 7.10. The van der Waals surface area contributed by atoms with Crippen molar-refractivity contribution in [2.75, 3.05) is 13.2 Å². The van der Waals surface area contributed by atoms with Gasteiger partial charge in [-0.3, -0.25) is 4.79 Å². The summed E-state index contributed by atoms with van der Waals surface area (Å²) in [4.78, 5) is 18.8. The van der Waals surface area contributed by atoms with Gasteiger partial charge in [0.2, 0.25) is 5.91 Å². The van der Waals surface area contributed by atoms with Gasteiger partial charge in [0.05, 0.1) is 13.0 Å². The molecular formula is C16H21N3O2. The van der Waals surface area contributed by atoms with Crippen LogP contribution in [0.25, 0.3) is 0 Å². The van der Waals surface area contributed by atoms with E-state index in [0.29, 0.717) is 26.0 Å². The third kappa shape index (κ3) is 4.95. The van der Waals surface area contributed by atoms with Crippen molar-refractivity contribution < 1.29 is 9.53 Å². The second-order valence-corrected chi connectivity index (χ2v) is 4.98. The Kier molecular flexibility index (Phi) is 5.37. The van der Waals surface area contributed by atoms with Crippen LogP contribution in [0.2, 0.25) is 0 Å². The molecule has 0 radical (unpaired) electrons. The van der Waals surface area contributed by atoms with Crippen LogP contribution in [0.15, 0.2) is 30.6 Å². The molecule has 2 rings (SSSR count). The zero-order valence-electron chi connectivity index (χ0n) is 12.5. The van der Waals surface area contributed by atoms with Crippen molar-refractivity contribution in [1.82, 2.24) is 15.3 Å². The van der Waals surface area contributed by atoms with Crippen LogP contribution in [0.4, 0.5) is 0 Å². The van der Waals surface area contributed by atoms with Crippen molar-refractivity contribution in [3.05, 3.63) is 47.5 Å². The van der Waals surface area contributed by atoms with E-state index in [9.17, 15) is 4.79 Å². The van der Waals surface area contributed by atoms with Crippen LogP contribution >= 0.6 is 0 Å². The number of nitrogens with one attached hydrogen (secondary N) is 2. The molecule has 112 valence electrons. The lowest BCUT2D eigenvalue weighted by Gasteiger charge is -2.08. The van der Waals surface area contributed by atoms with Gasteiger partial charge >= 0.3 is 0 Å². The fourth-order valence-electron chi connectivity index (χ4n) is 1.91. The number of carbonyl (C=O) groups excluding carboxylic acids is 1. The number of benzene rings is 1. The average Bonchev–Trinajstić information content (AvgIpc) is 2.96. The standard InChI is InChI=1S/C16H21N3O2/c1-12-3-4-14(11-13(12)2)21-10-6-16(20)19-7-5-15-17-8-9-18-15/h3-4,8-9,11H,5-7,10H2,1-2H3,(H,17,18)(H,19,20). The Bertz CT molecular complexity index is 579. The molecule has 1 heterocycles. The van der Waals surface area contributed by atoms with Gasteiger partial charge < -0.3 is 15.0 Å². The van der Waals surface area contributed by atoms with Crippen LogP contribution < -0.4 is 10.1 Å². The minimum absolute atomic E-state index is 0.00890. The summed E-state index contributed by atoms with van der Waals surface area (Å²) in [6, 6.07) is 5.94. The van der Waals surface area contributed by atoms with E-state index in [-0.39, 0.29) is 5.91 Å². The van der Waals surface area contributed by atoms with Crippen molar-refractivity contribution in [2.24, 2.45) is 0 Å². The van der Waals surface area contributed by atoms with Gasteiger partial charge in [0.25, 0.3) is 0 Å². The Morgan fingerprint density at radius 3 is 2.90 bits per heavy atom. The maximum absolute atomic E-state index is 11.7. The highest BCUT2D eigenvalue weighted by atomic mass is 16.5. The number of hydrogen-bond acceptors (Lipinski definition) is 3. The zero-order valence-corrected chi connectivity index (χ0v) is 12.5. The lowest BCUT2D eigenvalue weighted by atomic mass is 10.1. The largest absolute Gasteiger partial charge is 0.493 e. The molecule has 5 heteroatoms. The Hall–Kier alpha value is -2.30. The first-order valence-electron chi connectivity index (χ1n) is 7.10. The zero-order chi connectivity index (χ0) is 15.1. The number of H-pyrrole nitrogens is 1. The van der Waals surface area contributed by atoms with E-state index >= 15 is 0 Å². The Labute approximate surface area is 124 Å². The van der Waals surface area contributed by atoms with Crippen molar-refractivity contribution >= 4 is 5.91 Å². The number of aromatic nitrogens is 2. The summed E-state index contributed by atoms with van der Waals surface area (Å²) < 4.78 is 5.59. The van der Waals surface area contributed by atoms with Crippen molar-refractivity contribution in [1.29, 1.82) is 0 Å². The molecule has 0 atom stereocenters. The molecule has 21 heavy (non-hydrogen) atoms. The Morgan fingerprint density at radius 2 is 2.19 bits per heavy atom. The smallest absolute Gasteiger partial charge is 0.223 e. The summed E-state index contributed by atoms with van der Waals surface area (Å²) in [6.07, 6.45) is 4.53. The molecule has 0 aliphatic carbocycles. The third-order valence-corrected chi connectivity index (χ3v) is 3.32. The maximum Gasteiger partial charge on any atom is 0.223 e. The first-order chi connectivity index (χ1) is 10.1. The van der Waals surface area contributed by atoms with E-state index in [0.717, 1.165) is 11.6 Å². The minimum atomic E-state index is -0.00890. The van der Waals surface area contributed by atoms with Crippen LogP contribution in [0, 0.1) is 13.8 Å². The first kappa shape index (κ1) is 15.1. The van der Waals surface area contributed by atoms with Crippen LogP contribution in [-0.2, 0) is 11.2 Å². The second kappa shape index (κ2) is 7.47. The summed E-state index contributed by atoms with van der Waals surface area (Å²) in [6.45, 7) is 5.07. The number of amides is 1. The van der Waals surface area contributed by atoms with E-state index < -0.39 is 0 Å². The van der Waals surface area contributed by atoms with Crippen molar-refractivity contribution in [2.45, 2.75) is 26.7 Å². The monoisotopic (exact) mass is 287 g/mol. The van der Waals surface area contributed by atoms with Gasteiger partial charge in [-0.15, -0.1) is 0 Å². The van der Waals surface area contributed by atoms with Crippen LogP contribution in [0.1, 0.15) is 23.4 Å². The van der Waals surface area contributed by atoms with E-state index in [2.05, 4.69) is 22.2 Å². The van der Waals surface area contributed by atoms with Gasteiger partial charge in [-0.2, -0.15) is 0 Å². The highest BCUT2D eigenvalue weighted by Gasteiger charge is 2.03. The van der Waals surface area contributed by atoms with E-state index in [1.165, 1.54) is 11.1 Å². The molecule has 1 amide bonds. The molecule has 2 N–H and O–H groups in total. The predicted molar refractivity (Wildman–Crippen MR) is 81.3 cm³/mol. The predicted octanol–water partition coefficient (Wildman–Crippen LogP) is 2.15. The topological polar surface area (TPSA) is 67.0 Å². The van der Waals surface area contributed by atoms with E-state index in [1.54, 1.807) is 12.4 Å². The Morgan fingerprint density at radius 1 is 1.33 bits per heavy atom. The van der Waals surface area contributed by atoms with Gasteiger partial charge in [-0.25, -0.2) is 4.98 Å². The molecular weight excluding hydrogens is 266 g/mol. The molecule has 5 nitrogen and oxygen atoms in total. The Balaban J connectivity index is 1.63. The van der Waals surface area contributed by atoms with E-state index in [1.807, 2.05) is 25.1 Å².